The molecule has 0 atom stereocenters. The van der Waals surface area contributed by atoms with Gasteiger partial charge in [-0.1, -0.05) is 35.9 Å². The molecule has 5 rings (SSSR count). The number of halogens is 5. The summed E-state index contributed by atoms with van der Waals surface area (Å²) in [5.41, 5.74) is 3.39. The Morgan fingerprint density at radius 3 is 2.67 bits per heavy atom. The number of aromatic nitrogens is 2. The summed E-state index contributed by atoms with van der Waals surface area (Å²) in [6.45, 7) is 1.81. The highest BCUT2D eigenvalue weighted by atomic mass is 35.5. The summed E-state index contributed by atoms with van der Waals surface area (Å²) in [4.78, 5) is 19.0. The van der Waals surface area contributed by atoms with Crippen LogP contribution in [0, 0.1) is 5.95 Å². The van der Waals surface area contributed by atoms with Gasteiger partial charge in [0.25, 0.3) is 0 Å². The molecule has 202 valence electrons. The fraction of sp³-hybridized carbons (Fsp3) is 0.214. The smallest absolute Gasteiger partial charge is 0.406 e. The van der Waals surface area contributed by atoms with Crippen LogP contribution in [-0.4, -0.2) is 39.9 Å². The van der Waals surface area contributed by atoms with Crippen molar-refractivity contribution in [3.8, 4) is 5.75 Å². The maximum absolute atomic E-state index is 13.5. The third kappa shape index (κ3) is 6.40. The maximum atomic E-state index is 13.5. The average molecular weight is 559 g/mol. The molecule has 0 fully saturated rings. The molecule has 3 heterocycles. The van der Waals surface area contributed by atoms with Crippen molar-refractivity contribution in [3.63, 3.8) is 0 Å². The second-order valence-electron chi connectivity index (χ2n) is 9.07. The van der Waals surface area contributed by atoms with E-state index in [9.17, 15) is 22.4 Å². The molecular weight excluding hydrogens is 536 g/mol. The van der Waals surface area contributed by atoms with Crippen molar-refractivity contribution in [2.75, 3.05) is 13.1 Å². The minimum atomic E-state index is -4.87. The Kier molecular flexibility index (Phi) is 7.58. The van der Waals surface area contributed by atoms with Crippen molar-refractivity contribution < 1.29 is 27.1 Å². The highest BCUT2D eigenvalue weighted by molar-refractivity contribution is 6.30. The van der Waals surface area contributed by atoms with Crippen molar-refractivity contribution in [1.82, 2.24) is 19.8 Å². The molecule has 0 spiro atoms. The van der Waals surface area contributed by atoms with E-state index in [0.717, 1.165) is 11.1 Å². The first-order valence-electron chi connectivity index (χ1n) is 12.1. The number of ether oxygens (including phenoxy) is 1. The number of carbonyl (C=O) groups is 1. The van der Waals surface area contributed by atoms with Gasteiger partial charge in [-0.2, -0.15) is 4.39 Å². The number of amides is 1. The van der Waals surface area contributed by atoms with E-state index in [4.69, 9.17) is 11.6 Å². The second-order valence-corrected chi connectivity index (χ2v) is 9.51. The van der Waals surface area contributed by atoms with Crippen LogP contribution >= 0.6 is 11.6 Å². The molecule has 0 bridgehead atoms. The predicted molar refractivity (Wildman–Crippen MR) is 140 cm³/mol. The van der Waals surface area contributed by atoms with Crippen molar-refractivity contribution in [2.45, 2.75) is 25.9 Å². The van der Waals surface area contributed by atoms with Crippen molar-refractivity contribution >= 4 is 34.6 Å². The van der Waals surface area contributed by atoms with Gasteiger partial charge in [-0.05, 0) is 53.1 Å². The van der Waals surface area contributed by atoms with Gasteiger partial charge in [-0.3, -0.25) is 9.47 Å². The standard InChI is InChI=1S/C28H23ClF4N4O2/c29-20-5-3-18(4-6-20)2-1-12-36-13-10-24-23(17-36)22-8-7-21(39-28(31,32)33)15-25(22)37(24)27(38)35-16-19-9-11-34-26(30)14-19/h1-9,11,14-15H,10,12-13,16-17H2,(H,35,38)/b2-1+. The van der Waals surface area contributed by atoms with Crippen molar-refractivity contribution in [3.05, 3.63) is 100 Å². The van der Waals surface area contributed by atoms with Crippen LogP contribution in [0.25, 0.3) is 17.0 Å². The van der Waals surface area contributed by atoms with E-state index in [1.807, 2.05) is 36.4 Å². The van der Waals surface area contributed by atoms with E-state index >= 15 is 0 Å². The summed E-state index contributed by atoms with van der Waals surface area (Å²) in [7, 11) is 0. The van der Waals surface area contributed by atoms with Gasteiger partial charge in [0.2, 0.25) is 5.95 Å². The van der Waals surface area contributed by atoms with Crippen molar-refractivity contribution in [1.29, 1.82) is 0 Å². The van der Waals surface area contributed by atoms with Crippen LogP contribution in [0.15, 0.2) is 66.9 Å². The van der Waals surface area contributed by atoms with Crippen LogP contribution in [0.1, 0.15) is 22.4 Å². The average Bonchev–Trinajstić information content (AvgIpc) is 3.20. The Balaban J connectivity index is 1.42. The normalized spacial score (nSPS) is 14.1. The number of alkyl halides is 3. The SMILES string of the molecule is O=C(NCc1ccnc(F)c1)n1c2c(c3ccc(OC(F)(F)F)cc31)CN(C/C=C/c1ccc(Cl)cc1)CC2. The Bertz CT molecular complexity index is 1530. The molecule has 2 aromatic heterocycles. The Morgan fingerprint density at radius 1 is 1.13 bits per heavy atom. The molecule has 0 saturated heterocycles. The lowest BCUT2D eigenvalue weighted by molar-refractivity contribution is -0.274. The van der Waals surface area contributed by atoms with Gasteiger partial charge in [0.15, 0.2) is 0 Å². The van der Waals surface area contributed by atoms with Crippen LogP contribution in [0.2, 0.25) is 5.02 Å². The fourth-order valence-electron chi connectivity index (χ4n) is 4.70. The summed E-state index contributed by atoms with van der Waals surface area (Å²) >= 11 is 5.94. The van der Waals surface area contributed by atoms with E-state index in [0.29, 0.717) is 53.2 Å². The first kappa shape index (κ1) is 26.7. The number of nitrogens with zero attached hydrogens (tertiary/aromatic N) is 3. The lowest BCUT2D eigenvalue weighted by Crippen LogP contribution is -2.34. The first-order valence-corrected chi connectivity index (χ1v) is 12.5. The number of hydrogen-bond acceptors (Lipinski definition) is 4. The van der Waals surface area contributed by atoms with Crippen LogP contribution in [-0.2, 0) is 19.5 Å². The first-order chi connectivity index (χ1) is 18.7. The second kappa shape index (κ2) is 11.1. The highest BCUT2D eigenvalue weighted by Crippen LogP contribution is 2.34. The summed E-state index contributed by atoms with van der Waals surface area (Å²) < 4.78 is 57.7. The van der Waals surface area contributed by atoms with E-state index in [2.05, 4.69) is 19.9 Å². The number of carbonyl (C=O) groups excluding carboxylic acids is 1. The highest BCUT2D eigenvalue weighted by Gasteiger charge is 2.32. The van der Waals surface area contributed by atoms with Crippen LogP contribution in [0.5, 0.6) is 5.75 Å². The van der Waals surface area contributed by atoms with Gasteiger partial charge in [0, 0.05) is 61.0 Å². The lowest BCUT2D eigenvalue weighted by Gasteiger charge is -2.27. The molecule has 1 amide bonds. The molecule has 6 nitrogen and oxygen atoms in total. The molecule has 1 aliphatic rings. The molecule has 0 aliphatic carbocycles. The van der Waals surface area contributed by atoms with E-state index in [-0.39, 0.29) is 6.54 Å². The molecule has 0 radical (unpaired) electrons. The molecule has 1 N–H and O–H groups in total. The van der Waals surface area contributed by atoms with Crippen LogP contribution in [0.3, 0.4) is 0 Å². The lowest BCUT2D eigenvalue weighted by atomic mass is 10.0. The number of hydrogen-bond donors (Lipinski definition) is 1. The number of nitrogens with one attached hydrogen (secondary N) is 1. The summed E-state index contributed by atoms with van der Waals surface area (Å²) in [5.74, 6) is -1.09. The fourth-order valence-corrected chi connectivity index (χ4v) is 4.83. The Hall–Kier alpha value is -3.89. The number of pyridine rings is 1. The molecule has 0 saturated carbocycles. The predicted octanol–water partition coefficient (Wildman–Crippen LogP) is 6.56. The Labute approximate surface area is 226 Å². The monoisotopic (exact) mass is 558 g/mol. The summed E-state index contributed by atoms with van der Waals surface area (Å²) in [6.07, 6.45) is 0.951. The zero-order valence-electron chi connectivity index (χ0n) is 20.5. The summed E-state index contributed by atoms with van der Waals surface area (Å²) in [5, 5.41) is 4.06. The molecule has 39 heavy (non-hydrogen) atoms. The van der Waals surface area contributed by atoms with Gasteiger partial charge < -0.3 is 10.1 Å². The molecule has 1 aliphatic heterocycles. The number of benzene rings is 2. The van der Waals surface area contributed by atoms with E-state index < -0.39 is 24.1 Å². The van der Waals surface area contributed by atoms with Crippen LogP contribution < -0.4 is 10.1 Å². The third-order valence-electron chi connectivity index (χ3n) is 6.42. The molecule has 0 unspecified atom stereocenters. The number of rotatable bonds is 6. The zero-order valence-corrected chi connectivity index (χ0v) is 21.3. The Morgan fingerprint density at radius 2 is 1.92 bits per heavy atom. The number of fused-ring (bicyclic) bond motifs is 3. The van der Waals surface area contributed by atoms with Gasteiger partial charge in [-0.15, -0.1) is 13.2 Å². The molecule has 11 heteroatoms. The largest absolute Gasteiger partial charge is 0.573 e. The van der Waals surface area contributed by atoms with E-state index in [1.165, 1.54) is 29.0 Å². The van der Waals surface area contributed by atoms with Crippen LogP contribution in [0.4, 0.5) is 22.4 Å². The minimum Gasteiger partial charge on any atom is -0.406 e. The van der Waals surface area contributed by atoms with Crippen molar-refractivity contribution in [2.24, 2.45) is 0 Å². The van der Waals surface area contributed by atoms with Gasteiger partial charge in [0.05, 0.1) is 5.52 Å². The van der Waals surface area contributed by atoms with E-state index in [1.54, 1.807) is 12.1 Å². The molecule has 2 aromatic carbocycles. The minimum absolute atomic E-state index is 0.0209. The van der Waals surface area contributed by atoms with Gasteiger partial charge in [-0.25, -0.2) is 9.78 Å². The molecular formula is C28H23ClF4N4O2. The van der Waals surface area contributed by atoms with Gasteiger partial charge >= 0.3 is 12.4 Å². The third-order valence-corrected chi connectivity index (χ3v) is 6.67. The summed E-state index contributed by atoms with van der Waals surface area (Å²) in [6, 6.07) is 13.7. The zero-order chi connectivity index (χ0) is 27.6. The van der Waals surface area contributed by atoms with Gasteiger partial charge in [0.1, 0.15) is 5.75 Å². The maximum Gasteiger partial charge on any atom is 0.573 e. The molecule has 4 aromatic rings. The topological polar surface area (TPSA) is 59.4 Å². The quantitative estimate of drug-likeness (QED) is 0.215.